The van der Waals surface area contributed by atoms with Crippen LogP contribution in [-0.4, -0.2) is 29.6 Å². The Hall–Kier alpha value is -3.29. The zero-order valence-electron chi connectivity index (χ0n) is 14.9. The lowest BCUT2D eigenvalue weighted by Crippen LogP contribution is -2.32. The number of carbonyl (C=O) groups excluding carboxylic acids is 2. The molecule has 0 fully saturated rings. The molecule has 2 rings (SSSR count). The Bertz CT molecular complexity index is 836. The van der Waals surface area contributed by atoms with Crippen molar-refractivity contribution < 1.29 is 27.5 Å². The number of hydrogen-bond acceptors (Lipinski definition) is 3. The molecule has 0 heterocycles. The second-order valence-corrected chi connectivity index (χ2v) is 5.88. The molecule has 0 aliphatic rings. The van der Waals surface area contributed by atoms with E-state index in [1.807, 2.05) is 30.3 Å². The van der Waals surface area contributed by atoms with Crippen molar-refractivity contribution in [1.29, 1.82) is 0 Å². The highest BCUT2D eigenvalue weighted by Gasteiger charge is 2.31. The molecule has 2 aromatic rings. The van der Waals surface area contributed by atoms with Gasteiger partial charge in [0.25, 0.3) is 0 Å². The van der Waals surface area contributed by atoms with Crippen molar-refractivity contribution in [1.82, 2.24) is 4.90 Å². The van der Waals surface area contributed by atoms with Gasteiger partial charge >= 0.3 is 6.36 Å². The molecule has 0 unspecified atom stereocenters. The van der Waals surface area contributed by atoms with Gasteiger partial charge in [0, 0.05) is 31.1 Å². The van der Waals surface area contributed by atoms with E-state index in [-0.39, 0.29) is 25.1 Å². The fourth-order valence-electron chi connectivity index (χ4n) is 2.42. The van der Waals surface area contributed by atoms with E-state index in [0.29, 0.717) is 0 Å². The average molecular weight is 392 g/mol. The summed E-state index contributed by atoms with van der Waals surface area (Å²) >= 11 is 0. The van der Waals surface area contributed by atoms with Gasteiger partial charge in [-0.15, -0.1) is 13.2 Å². The van der Waals surface area contributed by atoms with E-state index in [9.17, 15) is 22.8 Å². The number of hydrogen-bond donors (Lipinski definition) is 1. The van der Waals surface area contributed by atoms with Gasteiger partial charge in [-0.1, -0.05) is 48.5 Å². The van der Waals surface area contributed by atoms with E-state index >= 15 is 0 Å². The Morgan fingerprint density at radius 3 is 2.32 bits per heavy atom. The SMILES string of the molecule is NC(=O)CCN(Cc1ccccc1)C(=O)/C=C/c1ccccc1OC(F)(F)F. The zero-order chi connectivity index (χ0) is 20.6. The standard InChI is InChI=1S/C20H19F3N2O3/c21-20(22,23)28-17-9-5-4-8-16(17)10-11-19(27)25(13-12-18(24)26)14-15-6-2-1-3-7-15/h1-11H,12-14H2,(H2,24,26)/b11-10+. The van der Waals surface area contributed by atoms with Crippen molar-refractivity contribution in [3.8, 4) is 5.75 Å². The maximum Gasteiger partial charge on any atom is 0.573 e. The summed E-state index contributed by atoms with van der Waals surface area (Å²) < 4.78 is 41.5. The average Bonchev–Trinajstić information content (AvgIpc) is 2.63. The fraction of sp³-hybridized carbons (Fsp3) is 0.200. The number of nitrogens with two attached hydrogens (primary N) is 1. The molecule has 0 bridgehead atoms. The summed E-state index contributed by atoms with van der Waals surface area (Å²) in [5.74, 6) is -1.43. The number of rotatable bonds is 8. The van der Waals surface area contributed by atoms with Gasteiger partial charge in [-0.3, -0.25) is 9.59 Å². The molecule has 8 heteroatoms. The third kappa shape index (κ3) is 7.14. The maximum atomic E-state index is 12.6. The van der Waals surface area contributed by atoms with E-state index in [1.165, 1.54) is 29.2 Å². The van der Waals surface area contributed by atoms with Crippen LogP contribution in [0.15, 0.2) is 60.7 Å². The molecule has 0 aromatic heterocycles. The molecular weight excluding hydrogens is 373 g/mol. The van der Waals surface area contributed by atoms with Crippen LogP contribution in [-0.2, 0) is 16.1 Å². The largest absolute Gasteiger partial charge is 0.573 e. The summed E-state index contributed by atoms with van der Waals surface area (Å²) in [5, 5.41) is 0. The summed E-state index contributed by atoms with van der Waals surface area (Å²) in [5.41, 5.74) is 6.10. The number of nitrogens with zero attached hydrogens (tertiary/aromatic N) is 1. The van der Waals surface area contributed by atoms with Crippen molar-refractivity contribution in [2.45, 2.75) is 19.3 Å². The number of benzene rings is 2. The fourth-order valence-corrected chi connectivity index (χ4v) is 2.42. The molecule has 0 spiro atoms. The minimum atomic E-state index is -4.84. The number of halogens is 3. The number of carbonyl (C=O) groups is 2. The van der Waals surface area contributed by atoms with Crippen LogP contribution in [0.2, 0.25) is 0 Å². The Kier molecular flexibility index (Phi) is 7.20. The van der Waals surface area contributed by atoms with E-state index < -0.39 is 23.9 Å². The molecule has 0 saturated carbocycles. The monoisotopic (exact) mass is 392 g/mol. The number of alkyl halides is 3. The van der Waals surface area contributed by atoms with Gasteiger partial charge in [-0.25, -0.2) is 0 Å². The molecule has 28 heavy (non-hydrogen) atoms. The first-order valence-corrected chi connectivity index (χ1v) is 8.38. The molecule has 148 valence electrons. The summed E-state index contributed by atoms with van der Waals surface area (Å²) in [6.07, 6.45) is -2.48. The minimum Gasteiger partial charge on any atom is -0.405 e. The van der Waals surface area contributed by atoms with Gasteiger partial charge in [-0.05, 0) is 17.7 Å². The molecule has 2 aromatic carbocycles. The van der Waals surface area contributed by atoms with Gasteiger partial charge in [0.05, 0.1) is 0 Å². The highest BCUT2D eigenvalue weighted by molar-refractivity contribution is 5.92. The number of para-hydroxylation sites is 1. The van der Waals surface area contributed by atoms with Crippen molar-refractivity contribution in [3.05, 3.63) is 71.8 Å². The van der Waals surface area contributed by atoms with E-state index in [4.69, 9.17) is 5.73 Å². The smallest absolute Gasteiger partial charge is 0.405 e. The van der Waals surface area contributed by atoms with Crippen molar-refractivity contribution in [2.75, 3.05) is 6.54 Å². The van der Waals surface area contributed by atoms with Gasteiger partial charge in [-0.2, -0.15) is 0 Å². The van der Waals surface area contributed by atoms with Gasteiger partial charge < -0.3 is 15.4 Å². The second kappa shape index (κ2) is 9.59. The Morgan fingerprint density at radius 2 is 1.68 bits per heavy atom. The molecule has 5 nitrogen and oxygen atoms in total. The predicted molar refractivity (Wildman–Crippen MR) is 97.8 cm³/mol. The van der Waals surface area contributed by atoms with Crippen LogP contribution in [0.25, 0.3) is 6.08 Å². The lowest BCUT2D eigenvalue weighted by atomic mass is 10.1. The number of amides is 2. The number of ether oxygens (including phenoxy) is 1. The molecule has 0 aliphatic carbocycles. The summed E-state index contributed by atoms with van der Waals surface area (Å²) in [7, 11) is 0. The first-order chi connectivity index (χ1) is 13.2. The van der Waals surface area contributed by atoms with Crippen LogP contribution < -0.4 is 10.5 Å². The lowest BCUT2D eigenvalue weighted by molar-refractivity contribution is -0.274. The van der Waals surface area contributed by atoms with E-state index in [2.05, 4.69) is 4.74 Å². The van der Waals surface area contributed by atoms with Crippen molar-refractivity contribution in [2.24, 2.45) is 5.73 Å². The molecule has 0 radical (unpaired) electrons. The van der Waals surface area contributed by atoms with Gasteiger partial charge in [0.1, 0.15) is 5.75 Å². The summed E-state index contributed by atoms with van der Waals surface area (Å²) in [6.45, 7) is 0.325. The van der Waals surface area contributed by atoms with E-state index in [0.717, 1.165) is 17.7 Å². The van der Waals surface area contributed by atoms with Gasteiger partial charge in [0.15, 0.2) is 0 Å². The number of primary amides is 1. The second-order valence-electron chi connectivity index (χ2n) is 5.88. The lowest BCUT2D eigenvalue weighted by Gasteiger charge is -2.21. The van der Waals surface area contributed by atoms with Crippen LogP contribution in [0.4, 0.5) is 13.2 Å². The molecule has 2 N–H and O–H groups in total. The predicted octanol–water partition coefficient (Wildman–Crippen LogP) is 3.50. The summed E-state index contributed by atoms with van der Waals surface area (Å²) in [6, 6.07) is 14.6. The van der Waals surface area contributed by atoms with Crippen LogP contribution in [0, 0.1) is 0 Å². The Labute approximate surface area is 160 Å². The highest BCUT2D eigenvalue weighted by atomic mass is 19.4. The van der Waals surface area contributed by atoms with Crippen LogP contribution in [0.3, 0.4) is 0 Å². The van der Waals surface area contributed by atoms with Crippen molar-refractivity contribution >= 4 is 17.9 Å². The topological polar surface area (TPSA) is 72.6 Å². The zero-order valence-corrected chi connectivity index (χ0v) is 14.9. The molecule has 2 amide bonds. The highest BCUT2D eigenvalue weighted by Crippen LogP contribution is 2.27. The maximum absolute atomic E-state index is 12.6. The van der Waals surface area contributed by atoms with Crippen LogP contribution in [0.5, 0.6) is 5.75 Å². The minimum absolute atomic E-state index is 0.0276. The van der Waals surface area contributed by atoms with Crippen LogP contribution >= 0.6 is 0 Å². The quantitative estimate of drug-likeness (QED) is 0.699. The molecule has 0 saturated heterocycles. The van der Waals surface area contributed by atoms with Gasteiger partial charge in [0.2, 0.25) is 11.8 Å². The first-order valence-electron chi connectivity index (χ1n) is 8.38. The normalized spacial score (nSPS) is 11.4. The molecular formula is C20H19F3N2O3. The Balaban J connectivity index is 2.17. The Morgan fingerprint density at radius 1 is 1.04 bits per heavy atom. The first kappa shape index (κ1) is 21.0. The third-order valence-electron chi connectivity index (χ3n) is 3.71. The third-order valence-corrected chi connectivity index (χ3v) is 3.71. The van der Waals surface area contributed by atoms with E-state index in [1.54, 1.807) is 0 Å². The van der Waals surface area contributed by atoms with Crippen molar-refractivity contribution in [3.63, 3.8) is 0 Å². The van der Waals surface area contributed by atoms with Crippen LogP contribution in [0.1, 0.15) is 17.5 Å². The molecule has 0 aliphatic heterocycles. The molecule has 0 atom stereocenters. The summed E-state index contributed by atoms with van der Waals surface area (Å²) in [4.78, 5) is 25.0.